The van der Waals surface area contributed by atoms with Gasteiger partial charge in [-0.2, -0.15) is 5.10 Å². The Labute approximate surface area is 131 Å². The molecule has 0 aliphatic carbocycles. The molecule has 0 saturated heterocycles. The number of carbonyl (C=O) groups excluding carboxylic acids is 1. The molecule has 0 radical (unpaired) electrons. The van der Waals surface area contributed by atoms with E-state index in [0.29, 0.717) is 23.0 Å². The van der Waals surface area contributed by atoms with Gasteiger partial charge in [0, 0.05) is 22.3 Å². The highest BCUT2D eigenvalue weighted by molar-refractivity contribution is 6.30. The number of nitrogens with one attached hydrogen (secondary N) is 1. The predicted octanol–water partition coefficient (Wildman–Crippen LogP) is 2.13. The maximum atomic E-state index is 12.0. The Hall–Kier alpha value is -2.18. The molecule has 0 fully saturated rings. The number of anilines is 1. The smallest absolute Gasteiger partial charge is 0.267 e. The van der Waals surface area contributed by atoms with Gasteiger partial charge in [0.1, 0.15) is 6.54 Å². The first-order chi connectivity index (χ1) is 10.5. The molecule has 0 unspecified atom stereocenters. The van der Waals surface area contributed by atoms with Gasteiger partial charge >= 0.3 is 0 Å². The summed E-state index contributed by atoms with van der Waals surface area (Å²) < 4.78 is 6.57. The highest BCUT2D eigenvalue weighted by Gasteiger charge is 2.23. The monoisotopic (exact) mass is 319 g/mol. The third kappa shape index (κ3) is 3.03. The highest BCUT2D eigenvalue weighted by atomic mass is 35.5. The Balaban J connectivity index is 1.75. The number of ether oxygens (including phenoxy) is 1. The Morgan fingerprint density at radius 3 is 2.91 bits per heavy atom. The van der Waals surface area contributed by atoms with E-state index in [0.717, 1.165) is 10.2 Å². The Morgan fingerprint density at radius 1 is 1.45 bits per heavy atom. The van der Waals surface area contributed by atoms with Crippen molar-refractivity contribution in [1.82, 2.24) is 9.78 Å². The van der Waals surface area contributed by atoms with Crippen molar-refractivity contribution >= 4 is 23.2 Å². The molecule has 1 amide bonds. The van der Waals surface area contributed by atoms with Crippen LogP contribution in [0.15, 0.2) is 35.1 Å². The zero-order valence-corrected chi connectivity index (χ0v) is 12.6. The Bertz CT molecular complexity index is 771. The molecule has 0 bridgehead atoms. The van der Waals surface area contributed by atoms with Crippen molar-refractivity contribution in [3.05, 3.63) is 57.0 Å². The summed E-state index contributed by atoms with van der Waals surface area (Å²) in [6.45, 7) is 2.10. The normalized spacial score (nSPS) is 16.4. The second-order valence-electron chi connectivity index (χ2n) is 5.06. The van der Waals surface area contributed by atoms with E-state index in [1.807, 2.05) is 6.92 Å². The van der Waals surface area contributed by atoms with Crippen molar-refractivity contribution in [3.8, 4) is 0 Å². The van der Waals surface area contributed by atoms with Crippen molar-refractivity contribution < 1.29 is 9.53 Å². The first kappa shape index (κ1) is 14.7. The van der Waals surface area contributed by atoms with Gasteiger partial charge in [-0.1, -0.05) is 11.6 Å². The summed E-state index contributed by atoms with van der Waals surface area (Å²) in [7, 11) is 0. The minimum Gasteiger partial charge on any atom is -0.367 e. The number of fused-ring (bicyclic) bond motifs is 1. The Morgan fingerprint density at radius 2 is 2.18 bits per heavy atom. The van der Waals surface area contributed by atoms with Gasteiger partial charge in [-0.25, -0.2) is 4.68 Å². The average Bonchev–Trinajstić information content (AvgIpc) is 2.83. The number of aromatic nitrogens is 2. The summed E-state index contributed by atoms with van der Waals surface area (Å²) in [5.74, 6) is -0.330. The molecule has 2 heterocycles. The molecule has 0 saturated carbocycles. The second kappa shape index (κ2) is 5.90. The van der Waals surface area contributed by atoms with Crippen LogP contribution in [0.25, 0.3) is 0 Å². The van der Waals surface area contributed by atoms with Gasteiger partial charge in [0.2, 0.25) is 5.91 Å². The predicted molar refractivity (Wildman–Crippen MR) is 81.8 cm³/mol. The molecule has 7 heteroatoms. The van der Waals surface area contributed by atoms with Crippen LogP contribution in [0.1, 0.15) is 24.3 Å². The fourth-order valence-corrected chi connectivity index (χ4v) is 2.40. The van der Waals surface area contributed by atoms with Gasteiger partial charge in [-0.3, -0.25) is 9.59 Å². The zero-order chi connectivity index (χ0) is 15.7. The van der Waals surface area contributed by atoms with E-state index >= 15 is 0 Å². The maximum Gasteiger partial charge on any atom is 0.267 e. The number of hydrogen-bond donors (Lipinski definition) is 1. The van der Waals surface area contributed by atoms with Crippen molar-refractivity contribution in [3.63, 3.8) is 0 Å². The lowest BCUT2D eigenvalue weighted by atomic mass is 10.2. The standard InChI is InChI=1S/C15H14ClN3O3/c1-9-15-10(8-22-9)6-14(21)19(18-15)7-13(20)17-12-4-2-11(16)3-5-12/h2-6,9H,7-8H2,1H3,(H,17,20)/t9-/m0/s1. The average molecular weight is 320 g/mol. The molecular formula is C15H14ClN3O3. The fourth-order valence-electron chi connectivity index (χ4n) is 2.28. The first-order valence-electron chi connectivity index (χ1n) is 6.81. The van der Waals surface area contributed by atoms with Crippen molar-refractivity contribution in [1.29, 1.82) is 0 Å². The summed E-state index contributed by atoms with van der Waals surface area (Å²) in [5.41, 5.74) is 1.79. The molecule has 1 aromatic heterocycles. The molecule has 22 heavy (non-hydrogen) atoms. The quantitative estimate of drug-likeness (QED) is 0.940. The van der Waals surface area contributed by atoms with Crippen molar-refractivity contribution in [2.45, 2.75) is 26.2 Å². The number of hydrogen-bond acceptors (Lipinski definition) is 4. The zero-order valence-electron chi connectivity index (χ0n) is 11.9. The van der Waals surface area contributed by atoms with Crippen LogP contribution < -0.4 is 10.9 Å². The van der Waals surface area contributed by atoms with Gasteiger partial charge < -0.3 is 10.1 Å². The lowest BCUT2D eigenvalue weighted by molar-refractivity contribution is -0.117. The van der Waals surface area contributed by atoms with E-state index in [2.05, 4.69) is 10.4 Å². The van der Waals surface area contributed by atoms with Crippen LogP contribution in [0.3, 0.4) is 0 Å². The van der Waals surface area contributed by atoms with Crippen LogP contribution in [0, 0.1) is 0 Å². The number of benzene rings is 1. The first-order valence-corrected chi connectivity index (χ1v) is 7.18. The minimum atomic E-state index is -0.330. The maximum absolute atomic E-state index is 12.0. The van der Waals surface area contributed by atoms with Gasteiger partial charge in [-0.05, 0) is 31.2 Å². The SMILES string of the molecule is C[C@@H]1OCc2cc(=O)n(CC(=O)Nc3ccc(Cl)cc3)nc21. The van der Waals surface area contributed by atoms with E-state index in [4.69, 9.17) is 16.3 Å². The van der Waals surface area contributed by atoms with Gasteiger partial charge in [0.25, 0.3) is 5.56 Å². The summed E-state index contributed by atoms with van der Waals surface area (Å²) >= 11 is 5.79. The molecule has 3 rings (SSSR count). The topological polar surface area (TPSA) is 73.2 Å². The lowest BCUT2D eigenvalue weighted by Crippen LogP contribution is -2.30. The van der Waals surface area contributed by atoms with Crippen LogP contribution in [0.2, 0.25) is 5.02 Å². The van der Waals surface area contributed by atoms with E-state index in [9.17, 15) is 9.59 Å². The summed E-state index contributed by atoms with van der Waals surface area (Å²) in [6.07, 6.45) is -0.166. The van der Waals surface area contributed by atoms with Crippen LogP contribution in [0.4, 0.5) is 5.69 Å². The number of amides is 1. The lowest BCUT2D eigenvalue weighted by Gasteiger charge is -2.09. The third-order valence-electron chi connectivity index (χ3n) is 3.40. The van der Waals surface area contributed by atoms with E-state index in [1.165, 1.54) is 6.07 Å². The van der Waals surface area contributed by atoms with Crippen LogP contribution in [-0.2, 0) is 22.7 Å². The third-order valence-corrected chi connectivity index (χ3v) is 3.66. The van der Waals surface area contributed by atoms with E-state index in [1.54, 1.807) is 24.3 Å². The van der Waals surface area contributed by atoms with Crippen molar-refractivity contribution in [2.24, 2.45) is 0 Å². The Kier molecular flexibility index (Phi) is 3.96. The molecule has 6 nitrogen and oxygen atoms in total. The molecule has 1 atom stereocenters. The molecule has 1 aliphatic rings. The van der Waals surface area contributed by atoms with Crippen molar-refractivity contribution in [2.75, 3.05) is 5.32 Å². The van der Waals surface area contributed by atoms with Crippen LogP contribution in [0.5, 0.6) is 0 Å². The highest BCUT2D eigenvalue weighted by Crippen LogP contribution is 2.26. The molecule has 2 aromatic rings. The largest absolute Gasteiger partial charge is 0.367 e. The minimum absolute atomic E-state index is 0.151. The molecular weight excluding hydrogens is 306 g/mol. The number of rotatable bonds is 3. The van der Waals surface area contributed by atoms with Gasteiger partial charge in [-0.15, -0.1) is 0 Å². The summed E-state index contributed by atoms with van der Waals surface area (Å²) in [6, 6.07) is 8.21. The molecule has 1 N–H and O–H groups in total. The van der Waals surface area contributed by atoms with Crippen LogP contribution >= 0.6 is 11.6 Å². The molecule has 114 valence electrons. The summed E-state index contributed by atoms with van der Waals surface area (Å²) in [4.78, 5) is 24.0. The number of carbonyl (C=O) groups is 1. The van der Waals surface area contributed by atoms with E-state index in [-0.39, 0.29) is 24.1 Å². The number of halogens is 1. The number of nitrogens with zero attached hydrogens (tertiary/aromatic N) is 2. The van der Waals surface area contributed by atoms with Gasteiger partial charge in [0.05, 0.1) is 18.4 Å². The molecule has 1 aliphatic heterocycles. The van der Waals surface area contributed by atoms with Gasteiger partial charge in [0.15, 0.2) is 0 Å². The fraction of sp³-hybridized carbons (Fsp3) is 0.267. The molecule has 0 spiro atoms. The van der Waals surface area contributed by atoms with E-state index < -0.39 is 0 Å². The second-order valence-corrected chi connectivity index (χ2v) is 5.50. The van der Waals surface area contributed by atoms with Crippen LogP contribution in [-0.4, -0.2) is 15.7 Å². The summed E-state index contributed by atoms with van der Waals surface area (Å²) in [5, 5.41) is 7.51. The molecule has 1 aromatic carbocycles.